The molecule has 2 amide bonds. The van der Waals surface area contributed by atoms with E-state index in [2.05, 4.69) is 16.0 Å². The molecule has 0 aromatic heterocycles. The number of carbonyl (C=O) groups is 2. The summed E-state index contributed by atoms with van der Waals surface area (Å²) in [5, 5.41) is 19.1. The number of para-hydroxylation sites is 4. The predicted octanol–water partition coefficient (Wildman–Crippen LogP) is 3.59. The highest BCUT2D eigenvalue weighted by Gasteiger charge is 2.15. The number of benzene rings is 3. The largest absolute Gasteiger partial charge is 0.483 e. The monoisotopic (exact) mass is 452 g/mol. The minimum atomic E-state index is -0.580. The van der Waals surface area contributed by atoms with Crippen LogP contribution in [0.15, 0.2) is 72.8 Å². The van der Waals surface area contributed by atoms with Crippen molar-refractivity contribution in [1.82, 2.24) is 5.32 Å². The number of anilines is 2. The van der Waals surface area contributed by atoms with E-state index < -0.39 is 29.2 Å². The lowest BCUT2D eigenvalue weighted by molar-refractivity contribution is -0.384. The van der Waals surface area contributed by atoms with E-state index in [0.717, 1.165) is 0 Å². The van der Waals surface area contributed by atoms with Crippen molar-refractivity contribution in [3.05, 3.63) is 94.3 Å². The Kier molecular flexibility index (Phi) is 7.90. The summed E-state index contributed by atoms with van der Waals surface area (Å²) in [4.78, 5) is 35.2. The van der Waals surface area contributed by atoms with Gasteiger partial charge in [-0.05, 0) is 30.3 Å². The number of amides is 2. The van der Waals surface area contributed by atoms with Crippen molar-refractivity contribution in [1.29, 1.82) is 0 Å². The van der Waals surface area contributed by atoms with E-state index in [4.69, 9.17) is 4.74 Å². The number of rotatable bonds is 10. The molecule has 0 radical (unpaired) electrons. The van der Waals surface area contributed by atoms with Gasteiger partial charge in [0.1, 0.15) is 17.3 Å². The average molecular weight is 452 g/mol. The van der Waals surface area contributed by atoms with E-state index in [0.29, 0.717) is 5.69 Å². The Morgan fingerprint density at radius 2 is 1.58 bits per heavy atom. The number of nitro groups is 1. The van der Waals surface area contributed by atoms with Crippen LogP contribution in [0.1, 0.15) is 10.4 Å². The third-order valence-corrected chi connectivity index (χ3v) is 4.47. The molecule has 0 unspecified atom stereocenters. The molecule has 0 aliphatic rings. The summed E-state index contributed by atoms with van der Waals surface area (Å²) in [5.74, 6) is -1.40. The second-order valence-corrected chi connectivity index (χ2v) is 6.77. The molecule has 0 saturated heterocycles. The van der Waals surface area contributed by atoms with Crippen LogP contribution in [0.5, 0.6) is 5.75 Å². The standard InChI is InChI=1S/C23H21FN4O5/c24-17-8-2-3-9-18(17)27-22(29)15-33-21-12-6-1-7-16(21)23(30)26-14-13-25-19-10-4-5-11-20(19)28(31)32/h1-12,25H,13-15H2,(H,26,30)(H,27,29). The molecular weight excluding hydrogens is 431 g/mol. The van der Waals surface area contributed by atoms with Crippen molar-refractivity contribution in [2.75, 3.05) is 30.3 Å². The molecule has 3 rings (SSSR count). The minimum Gasteiger partial charge on any atom is -0.483 e. The van der Waals surface area contributed by atoms with Crippen molar-refractivity contribution in [2.24, 2.45) is 0 Å². The van der Waals surface area contributed by atoms with E-state index in [1.807, 2.05) is 0 Å². The van der Waals surface area contributed by atoms with Gasteiger partial charge in [0.2, 0.25) is 0 Å². The summed E-state index contributed by atoms with van der Waals surface area (Å²) in [6, 6.07) is 18.3. The van der Waals surface area contributed by atoms with Gasteiger partial charge in [0.25, 0.3) is 17.5 Å². The van der Waals surface area contributed by atoms with Crippen LogP contribution in [0.25, 0.3) is 0 Å². The fourth-order valence-electron chi connectivity index (χ4n) is 2.92. The second kappa shape index (κ2) is 11.2. The normalized spacial score (nSPS) is 10.2. The Balaban J connectivity index is 1.52. The number of halogens is 1. The molecule has 3 aromatic rings. The van der Waals surface area contributed by atoms with E-state index >= 15 is 0 Å². The topological polar surface area (TPSA) is 123 Å². The van der Waals surface area contributed by atoms with Crippen molar-refractivity contribution in [3.8, 4) is 5.75 Å². The van der Waals surface area contributed by atoms with Gasteiger partial charge in [-0.3, -0.25) is 19.7 Å². The summed E-state index contributed by atoms with van der Waals surface area (Å²) in [5.41, 5.74) is 0.530. The smallest absolute Gasteiger partial charge is 0.292 e. The molecule has 9 nitrogen and oxygen atoms in total. The summed E-state index contributed by atoms with van der Waals surface area (Å²) in [6.45, 7) is 0.0233. The summed E-state index contributed by atoms with van der Waals surface area (Å²) >= 11 is 0. The van der Waals surface area contributed by atoms with Gasteiger partial charge in [0, 0.05) is 19.2 Å². The maximum Gasteiger partial charge on any atom is 0.292 e. The molecule has 3 N–H and O–H groups in total. The lowest BCUT2D eigenvalue weighted by atomic mass is 10.2. The molecule has 10 heteroatoms. The Morgan fingerprint density at radius 3 is 2.33 bits per heavy atom. The van der Waals surface area contributed by atoms with Crippen LogP contribution < -0.4 is 20.7 Å². The Hall–Kier alpha value is -4.47. The van der Waals surface area contributed by atoms with Crippen LogP contribution in [0.2, 0.25) is 0 Å². The molecule has 0 heterocycles. The van der Waals surface area contributed by atoms with Crippen molar-refractivity contribution in [2.45, 2.75) is 0 Å². The summed E-state index contributed by atoms with van der Waals surface area (Å²) in [7, 11) is 0. The molecule has 0 fully saturated rings. The summed E-state index contributed by atoms with van der Waals surface area (Å²) < 4.78 is 19.1. The fourth-order valence-corrected chi connectivity index (χ4v) is 2.92. The number of carbonyl (C=O) groups excluding carboxylic acids is 2. The zero-order valence-corrected chi connectivity index (χ0v) is 17.4. The number of hydrogen-bond acceptors (Lipinski definition) is 6. The van der Waals surface area contributed by atoms with Crippen molar-refractivity contribution < 1.29 is 23.6 Å². The van der Waals surface area contributed by atoms with E-state index in [-0.39, 0.29) is 35.8 Å². The highest BCUT2D eigenvalue weighted by Crippen LogP contribution is 2.22. The molecule has 0 aliphatic carbocycles. The van der Waals surface area contributed by atoms with E-state index in [9.17, 15) is 24.1 Å². The molecule has 170 valence electrons. The molecule has 0 atom stereocenters. The first-order chi connectivity index (χ1) is 16.0. The molecule has 0 bridgehead atoms. The molecule has 33 heavy (non-hydrogen) atoms. The molecule has 0 saturated carbocycles. The van der Waals surface area contributed by atoms with Gasteiger partial charge < -0.3 is 20.7 Å². The highest BCUT2D eigenvalue weighted by atomic mass is 19.1. The molecule has 3 aromatic carbocycles. The van der Waals surface area contributed by atoms with Gasteiger partial charge in [-0.2, -0.15) is 0 Å². The maximum absolute atomic E-state index is 13.7. The maximum atomic E-state index is 13.7. The fraction of sp³-hybridized carbons (Fsp3) is 0.130. The second-order valence-electron chi connectivity index (χ2n) is 6.77. The molecular formula is C23H21FN4O5. The van der Waals surface area contributed by atoms with Gasteiger partial charge in [0.05, 0.1) is 16.2 Å². The Bertz CT molecular complexity index is 1150. The predicted molar refractivity (Wildman–Crippen MR) is 121 cm³/mol. The number of nitro benzene ring substituents is 1. The van der Waals surface area contributed by atoms with Crippen molar-refractivity contribution >= 4 is 28.9 Å². The van der Waals surface area contributed by atoms with Crippen molar-refractivity contribution in [3.63, 3.8) is 0 Å². The molecule has 0 spiro atoms. The number of nitrogens with one attached hydrogen (secondary N) is 3. The SMILES string of the molecule is O=C(COc1ccccc1C(=O)NCCNc1ccccc1[N+](=O)[O-])Nc1ccccc1F. The van der Waals surface area contributed by atoms with Crippen LogP contribution in [-0.4, -0.2) is 36.4 Å². The minimum absolute atomic E-state index is 0.0308. The van der Waals surface area contributed by atoms with Gasteiger partial charge in [0.15, 0.2) is 6.61 Å². The van der Waals surface area contributed by atoms with Crippen LogP contribution in [0.3, 0.4) is 0 Å². The average Bonchev–Trinajstić information content (AvgIpc) is 2.82. The van der Waals surface area contributed by atoms with Crippen LogP contribution in [0.4, 0.5) is 21.5 Å². The van der Waals surface area contributed by atoms with Gasteiger partial charge in [-0.1, -0.05) is 36.4 Å². The number of hydrogen-bond donors (Lipinski definition) is 3. The van der Waals surface area contributed by atoms with Gasteiger partial charge >= 0.3 is 0 Å². The first-order valence-corrected chi connectivity index (χ1v) is 9.97. The third-order valence-electron chi connectivity index (χ3n) is 4.47. The molecule has 0 aliphatic heterocycles. The van der Waals surface area contributed by atoms with Crippen LogP contribution in [0, 0.1) is 15.9 Å². The first kappa shape index (κ1) is 23.2. The zero-order valence-electron chi connectivity index (χ0n) is 17.4. The highest BCUT2D eigenvalue weighted by molar-refractivity contribution is 5.97. The van der Waals surface area contributed by atoms with E-state index in [1.165, 1.54) is 36.4 Å². The third kappa shape index (κ3) is 6.50. The Labute approximate surface area is 188 Å². The number of nitrogens with zero attached hydrogens (tertiary/aromatic N) is 1. The van der Waals surface area contributed by atoms with Crippen LogP contribution in [-0.2, 0) is 4.79 Å². The zero-order chi connectivity index (χ0) is 23.6. The lowest BCUT2D eigenvalue weighted by Crippen LogP contribution is -2.29. The number of ether oxygens (including phenoxy) is 1. The first-order valence-electron chi connectivity index (χ1n) is 9.97. The van der Waals surface area contributed by atoms with Crippen LogP contribution >= 0.6 is 0 Å². The van der Waals surface area contributed by atoms with Gasteiger partial charge in [-0.25, -0.2) is 4.39 Å². The van der Waals surface area contributed by atoms with Gasteiger partial charge in [-0.15, -0.1) is 0 Å². The summed E-state index contributed by atoms with van der Waals surface area (Å²) in [6.07, 6.45) is 0. The quantitative estimate of drug-likeness (QED) is 0.245. The lowest BCUT2D eigenvalue weighted by Gasteiger charge is -2.12. The Morgan fingerprint density at radius 1 is 0.909 bits per heavy atom. The van der Waals surface area contributed by atoms with E-state index in [1.54, 1.807) is 36.4 Å².